The van der Waals surface area contributed by atoms with E-state index in [0.717, 1.165) is 10.5 Å². The number of fused-ring (bicyclic) bond motifs is 2. The van der Waals surface area contributed by atoms with Crippen LogP contribution in [0.1, 0.15) is 17.5 Å². The topological polar surface area (TPSA) is 87.7 Å². The molecule has 1 atom stereocenters. The van der Waals surface area contributed by atoms with Gasteiger partial charge in [0.1, 0.15) is 12.3 Å². The number of hydrogen-bond acceptors (Lipinski definition) is 4. The third kappa shape index (κ3) is 3.18. The van der Waals surface area contributed by atoms with Crippen LogP contribution in [0.3, 0.4) is 0 Å². The first-order valence-electron chi connectivity index (χ1n) is 8.87. The van der Waals surface area contributed by atoms with Crippen LogP contribution in [0, 0.1) is 0 Å². The summed E-state index contributed by atoms with van der Waals surface area (Å²) in [5, 5.41) is 6.05. The molecule has 1 fully saturated rings. The Bertz CT molecular complexity index is 964. The van der Waals surface area contributed by atoms with Crippen molar-refractivity contribution in [2.24, 2.45) is 0 Å². The molecule has 8 heteroatoms. The van der Waals surface area contributed by atoms with Crippen molar-refractivity contribution in [1.82, 2.24) is 15.5 Å². The van der Waals surface area contributed by atoms with Gasteiger partial charge >= 0.3 is 6.03 Å². The summed E-state index contributed by atoms with van der Waals surface area (Å²) in [6.45, 7) is 0.207. The minimum atomic E-state index is -1.18. The molecule has 0 aromatic heterocycles. The van der Waals surface area contributed by atoms with E-state index >= 15 is 0 Å². The SMILES string of the molecule is O=C(CN1C(=O)NC2(CCOc3ccccc32)C1=O)NCc1cccc(Cl)c1. The molecule has 2 aliphatic heterocycles. The van der Waals surface area contributed by atoms with E-state index < -0.39 is 23.4 Å². The van der Waals surface area contributed by atoms with Crippen LogP contribution in [0.5, 0.6) is 5.75 Å². The van der Waals surface area contributed by atoms with E-state index in [1.807, 2.05) is 6.07 Å². The van der Waals surface area contributed by atoms with Crippen molar-refractivity contribution in [1.29, 1.82) is 0 Å². The number of rotatable bonds is 4. The Hall–Kier alpha value is -3.06. The number of imide groups is 1. The van der Waals surface area contributed by atoms with Gasteiger partial charge in [-0.2, -0.15) is 0 Å². The predicted octanol–water partition coefficient (Wildman–Crippen LogP) is 2.19. The van der Waals surface area contributed by atoms with Gasteiger partial charge < -0.3 is 15.4 Å². The highest BCUT2D eigenvalue weighted by molar-refractivity contribution is 6.30. The fraction of sp³-hybridized carbons (Fsp3) is 0.250. The Morgan fingerprint density at radius 3 is 2.86 bits per heavy atom. The first kappa shape index (κ1) is 18.3. The first-order chi connectivity index (χ1) is 13.5. The van der Waals surface area contributed by atoms with Crippen molar-refractivity contribution in [3.63, 3.8) is 0 Å². The second-order valence-corrected chi connectivity index (χ2v) is 7.16. The minimum absolute atomic E-state index is 0.255. The van der Waals surface area contributed by atoms with E-state index in [4.69, 9.17) is 16.3 Å². The number of carbonyl (C=O) groups excluding carboxylic acids is 3. The van der Waals surface area contributed by atoms with E-state index in [-0.39, 0.29) is 13.1 Å². The third-order valence-corrected chi connectivity index (χ3v) is 5.17. The molecule has 0 bridgehead atoms. The number of halogens is 1. The van der Waals surface area contributed by atoms with Gasteiger partial charge in [-0.05, 0) is 23.8 Å². The third-order valence-electron chi connectivity index (χ3n) is 4.94. The number of para-hydroxylation sites is 1. The maximum Gasteiger partial charge on any atom is 0.325 e. The number of nitrogens with zero attached hydrogens (tertiary/aromatic N) is 1. The van der Waals surface area contributed by atoms with E-state index in [9.17, 15) is 14.4 Å². The fourth-order valence-electron chi connectivity index (χ4n) is 3.56. The zero-order chi connectivity index (χ0) is 19.7. The maximum absolute atomic E-state index is 13.1. The number of hydrogen-bond donors (Lipinski definition) is 2. The van der Waals surface area contributed by atoms with Crippen LogP contribution in [-0.2, 0) is 21.7 Å². The van der Waals surface area contributed by atoms with Gasteiger partial charge in [-0.25, -0.2) is 4.79 Å². The van der Waals surface area contributed by atoms with Crippen molar-refractivity contribution < 1.29 is 19.1 Å². The second-order valence-electron chi connectivity index (χ2n) is 6.73. The molecule has 7 nitrogen and oxygen atoms in total. The molecule has 1 unspecified atom stereocenters. The van der Waals surface area contributed by atoms with E-state index in [1.165, 1.54) is 0 Å². The summed E-state index contributed by atoms with van der Waals surface area (Å²) in [4.78, 5) is 38.9. The molecule has 4 amide bonds. The molecule has 0 radical (unpaired) electrons. The smallest absolute Gasteiger partial charge is 0.325 e. The monoisotopic (exact) mass is 399 g/mol. The van der Waals surface area contributed by atoms with Crippen LogP contribution in [0.4, 0.5) is 4.79 Å². The molecule has 1 saturated heterocycles. The van der Waals surface area contributed by atoms with Crippen molar-refractivity contribution in [3.05, 3.63) is 64.7 Å². The van der Waals surface area contributed by atoms with Crippen molar-refractivity contribution in [2.75, 3.05) is 13.2 Å². The van der Waals surface area contributed by atoms with Crippen LogP contribution in [0.25, 0.3) is 0 Å². The minimum Gasteiger partial charge on any atom is -0.493 e. The summed E-state index contributed by atoms with van der Waals surface area (Å²) in [5.41, 5.74) is 0.258. The summed E-state index contributed by atoms with van der Waals surface area (Å²) >= 11 is 5.93. The number of benzene rings is 2. The van der Waals surface area contributed by atoms with Gasteiger partial charge in [0.15, 0.2) is 5.54 Å². The zero-order valence-electron chi connectivity index (χ0n) is 14.9. The van der Waals surface area contributed by atoms with Crippen LogP contribution in [-0.4, -0.2) is 35.9 Å². The van der Waals surface area contributed by atoms with Crippen LogP contribution >= 0.6 is 11.6 Å². The molecule has 0 aliphatic carbocycles. The molecule has 0 saturated carbocycles. The highest BCUT2D eigenvalue weighted by Gasteiger charge is 2.55. The molecule has 4 rings (SSSR count). The lowest BCUT2D eigenvalue weighted by atomic mass is 9.84. The molecule has 2 aliphatic rings. The summed E-state index contributed by atoms with van der Waals surface area (Å²) in [5.74, 6) is -0.304. The highest BCUT2D eigenvalue weighted by Crippen LogP contribution is 2.40. The molecule has 1 spiro atoms. The number of urea groups is 1. The van der Waals surface area contributed by atoms with E-state index in [2.05, 4.69) is 10.6 Å². The molecular formula is C20H18ClN3O4. The number of ether oxygens (including phenoxy) is 1. The molecule has 2 N–H and O–H groups in total. The molecule has 28 heavy (non-hydrogen) atoms. The van der Waals surface area contributed by atoms with Gasteiger partial charge in [-0.1, -0.05) is 41.9 Å². The Morgan fingerprint density at radius 1 is 1.21 bits per heavy atom. The largest absolute Gasteiger partial charge is 0.493 e. The van der Waals surface area contributed by atoms with Gasteiger partial charge in [0.25, 0.3) is 5.91 Å². The lowest BCUT2D eigenvalue weighted by Crippen LogP contribution is -2.48. The van der Waals surface area contributed by atoms with Crippen LogP contribution in [0.2, 0.25) is 5.02 Å². The average Bonchev–Trinajstić information content (AvgIpc) is 2.92. The normalized spacial score (nSPS) is 20.5. The van der Waals surface area contributed by atoms with Gasteiger partial charge in [-0.3, -0.25) is 14.5 Å². The predicted molar refractivity (Wildman–Crippen MR) is 102 cm³/mol. The summed E-state index contributed by atoms with van der Waals surface area (Å²) in [6.07, 6.45) is 0.315. The molecule has 2 aromatic rings. The number of carbonyl (C=O) groups is 3. The summed E-state index contributed by atoms with van der Waals surface area (Å²) in [6, 6.07) is 13.6. The van der Waals surface area contributed by atoms with Gasteiger partial charge in [-0.15, -0.1) is 0 Å². The van der Waals surface area contributed by atoms with Crippen LogP contribution in [0.15, 0.2) is 48.5 Å². The quantitative estimate of drug-likeness (QED) is 0.771. The first-order valence-corrected chi connectivity index (χ1v) is 9.25. The van der Waals surface area contributed by atoms with E-state index in [0.29, 0.717) is 29.4 Å². The highest BCUT2D eigenvalue weighted by atomic mass is 35.5. The molecule has 2 heterocycles. The van der Waals surface area contributed by atoms with Crippen molar-refractivity contribution in [3.8, 4) is 5.75 Å². The summed E-state index contributed by atoms with van der Waals surface area (Å²) in [7, 11) is 0. The molecular weight excluding hydrogens is 382 g/mol. The lowest BCUT2D eigenvalue weighted by Gasteiger charge is -2.33. The lowest BCUT2D eigenvalue weighted by molar-refractivity contribution is -0.136. The Kier molecular flexibility index (Phi) is 4.68. The van der Waals surface area contributed by atoms with Crippen LogP contribution < -0.4 is 15.4 Å². The standard InChI is InChI=1S/C20H18ClN3O4/c21-14-5-3-4-13(10-14)11-22-17(25)12-24-18(26)20(23-19(24)27)8-9-28-16-7-2-1-6-15(16)20/h1-7,10H,8-9,11-12H2,(H,22,25)(H,23,27). The Morgan fingerprint density at radius 2 is 2.04 bits per heavy atom. The van der Waals surface area contributed by atoms with Crippen molar-refractivity contribution in [2.45, 2.75) is 18.5 Å². The van der Waals surface area contributed by atoms with E-state index in [1.54, 1.807) is 42.5 Å². The Labute approximate surface area is 166 Å². The fourth-order valence-corrected chi connectivity index (χ4v) is 3.78. The molecule has 2 aromatic carbocycles. The zero-order valence-corrected chi connectivity index (χ0v) is 15.7. The van der Waals surface area contributed by atoms with Crippen molar-refractivity contribution >= 4 is 29.4 Å². The van der Waals surface area contributed by atoms with Gasteiger partial charge in [0, 0.05) is 23.6 Å². The number of amides is 4. The Balaban J connectivity index is 1.47. The number of nitrogens with one attached hydrogen (secondary N) is 2. The molecule has 144 valence electrons. The average molecular weight is 400 g/mol. The maximum atomic E-state index is 13.1. The van der Waals surface area contributed by atoms with Gasteiger partial charge in [0.2, 0.25) is 5.91 Å². The summed E-state index contributed by atoms with van der Waals surface area (Å²) < 4.78 is 5.60. The van der Waals surface area contributed by atoms with Gasteiger partial charge in [0.05, 0.1) is 6.61 Å². The second kappa shape index (κ2) is 7.16.